The normalized spacial score (nSPS) is 18.2. The van der Waals surface area contributed by atoms with Crippen molar-refractivity contribution in [3.63, 3.8) is 0 Å². The van der Waals surface area contributed by atoms with Crippen molar-refractivity contribution in [2.24, 2.45) is 0 Å². The van der Waals surface area contributed by atoms with E-state index in [0.29, 0.717) is 18.8 Å². The van der Waals surface area contributed by atoms with Crippen LogP contribution in [0.2, 0.25) is 0 Å². The zero-order chi connectivity index (χ0) is 15.4. The summed E-state index contributed by atoms with van der Waals surface area (Å²) in [4.78, 5) is 13.8. The summed E-state index contributed by atoms with van der Waals surface area (Å²) in [5.41, 5.74) is 0.582. The molecule has 7 heteroatoms. The van der Waals surface area contributed by atoms with E-state index >= 15 is 0 Å². The van der Waals surface area contributed by atoms with Crippen LogP contribution < -0.4 is 0 Å². The highest BCUT2D eigenvalue weighted by Crippen LogP contribution is 2.22. The number of hydrogen-bond acceptors (Lipinski definition) is 5. The Morgan fingerprint density at radius 1 is 1.43 bits per heavy atom. The van der Waals surface area contributed by atoms with Gasteiger partial charge in [-0.3, -0.25) is 4.79 Å². The van der Waals surface area contributed by atoms with Crippen LogP contribution in [0.25, 0.3) is 0 Å². The second-order valence-corrected chi connectivity index (χ2v) is 5.77. The molecule has 2 rings (SSSR count). The Balaban J connectivity index is 1.83. The third kappa shape index (κ3) is 4.25. The summed E-state index contributed by atoms with van der Waals surface area (Å²) in [6.45, 7) is 7.07. The number of rotatable bonds is 5. The van der Waals surface area contributed by atoms with Gasteiger partial charge in [0, 0.05) is 13.1 Å². The van der Waals surface area contributed by atoms with E-state index in [2.05, 4.69) is 10.3 Å². The Morgan fingerprint density at radius 3 is 2.62 bits per heavy atom. The quantitative estimate of drug-likeness (QED) is 0.874. The number of carbonyl (C=O) groups is 1. The first-order valence-electron chi connectivity index (χ1n) is 7.46. The lowest BCUT2D eigenvalue weighted by molar-refractivity contribution is -0.138. The first kappa shape index (κ1) is 15.9. The summed E-state index contributed by atoms with van der Waals surface area (Å²) in [6.07, 6.45) is 2.94. The van der Waals surface area contributed by atoms with Gasteiger partial charge in [0.1, 0.15) is 12.3 Å². The van der Waals surface area contributed by atoms with Crippen LogP contribution in [0.1, 0.15) is 51.5 Å². The second kappa shape index (κ2) is 7.00. The largest absolute Gasteiger partial charge is 0.387 e. The third-order valence-electron chi connectivity index (χ3n) is 3.69. The number of aromatic nitrogens is 3. The van der Waals surface area contributed by atoms with E-state index in [0.717, 1.165) is 12.8 Å². The van der Waals surface area contributed by atoms with E-state index < -0.39 is 6.10 Å². The molecule has 0 bridgehead atoms. The summed E-state index contributed by atoms with van der Waals surface area (Å²) in [5, 5.41) is 17.5. The number of nitrogens with zero attached hydrogens (tertiary/aromatic N) is 4. The van der Waals surface area contributed by atoms with Crippen molar-refractivity contribution in [3.05, 3.63) is 11.9 Å². The molecule has 0 saturated carbocycles. The topological polar surface area (TPSA) is 80.5 Å². The molecule has 7 nitrogen and oxygen atoms in total. The minimum absolute atomic E-state index is 0.0467. The molecule has 1 aliphatic heterocycles. The SMILES string of the molecule is CC(C)OCC(=O)N1CCC(n2cc(C(C)O)nn2)CC1. The molecule has 1 unspecified atom stereocenters. The summed E-state index contributed by atoms with van der Waals surface area (Å²) >= 11 is 0. The lowest BCUT2D eigenvalue weighted by Gasteiger charge is -2.32. The molecule has 0 spiro atoms. The molecule has 1 N–H and O–H groups in total. The molecule has 1 amide bonds. The van der Waals surface area contributed by atoms with Gasteiger partial charge in [-0.15, -0.1) is 5.10 Å². The summed E-state index contributed by atoms with van der Waals surface area (Å²) in [5.74, 6) is 0.0467. The predicted molar refractivity (Wildman–Crippen MR) is 76.6 cm³/mol. The zero-order valence-corrected chi connectivity index (χ0v) is 12.9. The molecular weight excluding hydrogens is 272 g/mol. The Hall–Kier alpha value is -1.47. The molecule has 0 radical (unpaired) electrons. The molecule has 1 aliphatic rings. The van der Waals surface area contributed by atoms with Gasteiger partial charge in [-0.25, -0.2) is 4.68 Å². The molecule has 0 aromatic carbocycles. The van der Waals surface area contributed by atoms with Gasteiger partial charge in [0.05, 0.1) is 24.4 Å². The maximum atomic E-state index is 12.0. The molecular formula is C14H24N4O3. The lowest BCUT2D eigenvalue weighted by atomic mass is 10.1. The maximum Gasteiger partial charge on any atom is 0.248 e. The maximum absolute atomic E-state index is 12.0. The number of piperidine rings is 1. The van der Waals surface area contributed by atoms with E-state index in [1.807, 2.05) is 18.7 Å². The van der Waals surface area contributed by atoms with E-state index in [1.165, 1.54) is 0 Å². The first-order chi connectivity index (χ1) is 9.97. The number of hydrogen-bond donors (Lipinski definition) is 1. The summed E-state index contributed by atoms with van der Waals surface area (Å²) < 4.78 is 7.15. The minimum atomic E-state index is -0.603. The summed E-state index contributed by atoms with van der Waals surface area (Å²) in [6, 6.07) is 0.236. The molecule has 21 heavy (non-hydrogen) atoms. The molecule has 118 valence electrons. The van der Waals surface area contributed by atoms with Crippen molar-refractivity contribution in [3.8, 4) is 0 Å². The Bertz CT molecular complexity index is 465. The molecule has 1 aromatic heterocycles. The van der Waals surface area contributed by atoms with Gasteiger partial charge < -0.3 is 14.7 Å². The number of likely N-dealkylation sites (tertiary alicyclic amines) is 1. The summed E-state index contributed by atoms with van der Waals surface area (Å²) in [7, 11) is 0. The zero-order valence-electron chi connectivity index (χ0n) is 12.9. The van der Waals surface area contributed by atoms with Gasteiger partial charge in [-0.1, -0.05) is 5.21 Å². The number of carbonyl (C=O) groups excluding carboxylic acids is 1. The van der Waals surface area contributed by atoms with Crippen molar-refractivity contribution in [2.75, 3.05) is 19.7 Å². The molecule has 1 atom stereocenters. The van der Waals surface area contributed by atoms with Crippen molar-refractivity contribution in [1.82, 2.24) is 19.9 Å². The number of aliphatic hydroxyl groups is 1. The number of aliphatic hydroxyl groups excluding tert-OH is 1. The van der Waals surface area contributed by atoms with Gasteiger partial charge in [0.2, 0.25) is 5.91 Å². The molecule has 1 fully saturated rings. The van der Waals surface area contributed by atoms with Crippen LogP contribution >= 0.6 is 0 Å². The highest BCUT2D eigenvalue weighted by atomic mass is 16.5. The van der Waals surface area contributed by atoms with Gasteiger partial charge in [0.15, 0.2) is 0 Å². The smallest absolute Gasteiger partial charge is 0.248 e. The van der Waals surface area contributed by atoms with E-state index in [1.54, 1.807) is 17.8 Å². The standard InChI is InChI=1S/C14H24N4O3/c1-10(2)21-9-14(20)17-6-4-12(5-7-17)18-8-13(11(3)19)15-16-18/h8,10-12,19H,4-7,9H2,1-3H3. The first-order valence-corrected chi connectivity index (χ1v) is 7.46. The number of ether oxygens (including phenoxy) is 1. The van der Waals surface area contributed by atoms with Crippen molar-refractivity contribution in [1.29, 1.82) is 0 Å². The molecule has 1 saturated heterocycles. The third-order valence-corrected chi connectivity index (χ3v) is 3.69. The van der Waals surface area contributed by atoms with E-state index in [-0.39, 0.29) is 24.7 Å². The Morgan fingerprint density at radius 2 is 2.10 bits per heavy atom. The van der Waals surface area contributed by atoms with E-state index in [4.69, 9.17) is 4.74 Å². The van der Waals surface area contributed by atoms with Gasteiger partial charge in [-0.05, 0) is 33.6 Å². The predicted octanol–water partition coefficient (Wildman–Crippen LogP) is 0.920. The van der Waals surface area contributed by atoms with Crippen LogP contribution in [-0.4, -0.2) is 56.7 Å². The van der Waals surface area contributed by atoms with Gasteiger partial charge in [0.25, 0.3) is 0 Å². The molecule has 1 aromatic rings. The average molecular weight is 296 g/mol. The average Bonchev–Trinajstić information content (AvgIpc) is 2.95. The van der Waals surface area contributed by atoms with Crippen molar-refractivity contribution < 1.29 is 14.6 Å². The minimum Gasteiger partial charge on any atom is -0.387 e. The fraction of sp³-hybridized carbons (Fsp3) is 0.786. The Labute approximate surface area is 124 Å². The van der Waals surface area contributed by atoms with Crippen molar-refractivity contribution >= 4 is 5.91 Å². The van der Waals surface area contributed by atoms with Crippen LogP contribution in [0.3, 0.4) is 0 Å². The van der Waals surface area contributed by atoms with Crippen LogP contribution in [-0.2, 0) is 9.53 Å². The Kier molecular flexibility index (Phi) is 5.30. The van der Waals surface area contributed by atoms with Crippen LogP contribution in [0, 0.1) is 0 Å². The lowest BCUT2D eigenvalue weighted by Crippen LogP contribution is -2.41. The van der Waals surface area contributed by atoms with Gasteiger partial charge in [-0.2, -0.15) is 0 Å². The molecule has 2 heterocycles. The highest BCUT2D eigenvalue weighted by Gasteiger charge is 2.25. The highest BCUT2D eigenvalue weighted by molar-refractivity contribution is 5.77. The van der Waals surface area contributed by atoms with Crippen LogP contribution in [0.4, 0.5) is 0 Å². The fourth-order valence-corrected chi connectivity index (χ4v) is 2.37. The van der Waals surface area contributed by atoms with Crippen LogP contribution in [0.15, 0.2) is 6.20 Å². The molecule has 0 aliphatic carbocycles. The number of amides is 1. The van der Waals surface area contributed by atoms with Gasteiger partial charge >= 0.3 is 0 Å². The van der Waals surface area contributed by atoms with Crippen molar-refractivity contribution in [2.45, 2.75) is 51.9 Å². The van der Waals surface area contributed by atoms with Crippen LogP contribution in [0.5, 0.6) is 0 Å². The fourth-order valence-electron chi connectivity index (χ4n) is 2.37. The monoisotopic (exact) mass is 296 g/mol. The second-order valence-electron chi connectivity index (χ2n) is 5.77. The van der Waals surface area contributed by atoms with E-state index in [9.17, 15) is 9.90 Å².